The fraction of sp³-hybridized carbons (Fsp3) is 0.250. The summed E-state index contributed by atoms with van der Waals surface area (Å²) in [4.78, 5) is 40.6. The number of nitrogens with zero attached hydrogens (tertiary/aromatic N) is 2. The van der Waals surface area contributed by atoms with E-state index < -0.39 is 0 Å². The summed E-state index contributed by atoms with van der Waals surface area (Å²) in [6.07, 6.45) is 1.98. The Bertz CT molecular complexity index is 875. The normalized spacial score (nSPS) is 16.5. The molecule has 0 saturated carbocycles. The predicted molar refractivity (Wildman–Crippen MR) is 93.3 cm³/mol. The number of carbonyl (C=O) groups excluding carboxylic acids is 3. The molecule has 4 rings (SSSR count). The van der Waals surface area contributed by atoms with Crippen LogP contribution in [-0.2, 0) is 22.4 Å². The molecule has 0 spiro atoms. The highest BCUT2D eigenvalue weighted by Gasteiger charge is 2.34. The van der Waals surface area contributed by atoms with Gasteiger partial charge >= 0.3 is 0 Å². The molecule has 0 aromatic heterocycles. The zero-order valence-electron chi connectivity index (χ0n) is 13.8. The number of amides is 3. The molecule has 0 saturated heterocycles. The van der Waals surface area contributed by atoms with Crippen molar-refractivity contribution in [1.29, 1.82) is 0 Å². The van der Waals surface area contributed by atoms with Gasteiger partial charge in [-0.1, -0.05) is 36.4 Å². The van der Waals surface area contributed by atoms with E-state index in [0.717, 1.165) is 34.6 Å². The number of anilines is 1. The van der Waals surface area contributed by atoms with Gasteiger partial charge in [-0.3, -0.25) is 19.3 Å². The summed E-state index contributed by atoms with van der Waals surface area (Å²) >= 11 is 0. The lowest BCUT2D eigenvalue weighted by Crippen LogP contribution is -2.49. The zero-order valence-corrected chi connectivity index (χ0v) is 13.8. The number of rotatable bonds is 2. The molecular formula is C20H18N2O3. The maximum absolute atomic E-state index is 12.8. The number of fused-ring (bicyclic) bond motifs is 2. The van der Waals surface area contributed by atoms with Gasteiger partial charge in [0.1, 0.15) is 6.54 Å². The van der Waals surface area contributed by atoms with Crippen LogP contribution in [0.3, 0.4) is 0 Å². The van der Waals surface area contributed by atoms with Gasteiger partial charge in [-0.2, -0.15) is 0 Å². The van der Waals surface area contributed by atoms with Crippen molar-refractivity contribution >= 4 is 23.4 Å². The summed E-state index contributed by atoms with van der Waals surface area (Å²) in [5.41, 5.74) is 3.25. The van der Waals surface area contributed by atoms with E-state index in [2.05, 4.69) is 0 Å². The van der Waals surface area contributed by atoms with Crippen LogP contribution in [0.25, 0.3) is 0 Å². The van der Waals surface area contributed by atoms with E-state index in [-0.39, 0.29) is 30.7 Å². The van der Waals surface area contributed by atoms with Gasteiger partial charge in [0.2, 0.25) is 11.8 Å². The predicted octanol–water partition coefficient (Wildman–Crippen LogP) is 2.19. The molecule has 2 aromatic rings. The highest BCUT2D eigenvalue weighted by atomic mass is 16.2. The van der Waals surface area contributed by atoms with Gasteiger partial charge in [0.05, 0.1) is 6.42 Å². The van der Waals surface area contributed by atoms with Gasteiger partial charge in [-0.15, -0.1) is 0 Å². The first-order valence-corrected chi connectivity index (χ1v) is 8.46. The lowest BCUT2D eigenvalue weighted by Gasteiger charge is -2.32. The Morgan fingerprint density at radius 3 is 2.52 bits per heavy atom. The van der Waals surface area contributed by atoms with Crippen LogP contribution in [-0.4, -0.2) is 35.7 Å². The van der Waals surface area contributed by atoms with E-state index in [1.54, 1.807) is 23.1 Å². The van der Waals surface area contributed by atoms with Gasteiger partial charge in [0, 0.05) is 17.8 Å². The summed E-state index contributed by atoms with van der Waals surface area (Å²) in [6, 6.07) is 14.9. The van der Waals surface area contributed by atoms with Gasteiger partial charge in [0.15, 0.2) is 0 Å². The molecular weight excluding hydrogens is 316 g/mol. The van der Waals surface area contributed by atoms with Crippen LogP contribution in [0.15, 0.2) is 48.5 Å². The van der Waals surface area contributed by atoms with Crippen LogP contribution in [0.5, 0.6) is 0 Å². The number of benzene rings is 2. The average Bonchev–Trinajstić information content (AvgIpc) is 2.64. The van der Waals surface area contributed by atoms with E-state index in [4.69, 9.17) is 0 Å². The average molecular weight is 334 g/mol. The van der Waals surface area contributed by atoms with E-state index in [1.807, 2.05) is 30.3 Å². The Hall–Kier alpha value is -2.95. The SMILES string of the molecule is O=C1Cc2ccccc2C(=O)N1CC(=O)N1CCCc2ccccc21. The number of hydrogen-bond acceptors (Lipinski definition) is 3. The Labute approximate surface area is 145 Å². The van der Waals surface area contributed by atoms with Crippen molar-refractivity contribution < 1.29 is 14.4 Å². The van der Waals surface area contributed by atoms with Crippen molar-refractivity contribution in [2.75, 3.05) is 18.0 Å². The molecule has 2 aliphatic rings. The molecule has 0 aliphatic carbocycles. The van der Waals surface area contributed by atoms with Crippen LogP contribution in [0.1, 0.15) is 27.9 Å². The monoisotopic (exact) mass is 334 g/mol. The minimum Gasteiger partial charge on any atom is -0.311 e. The first-order chi connectivity index (χ1) is 12.1. The van der Waals surface area contributed by atoms with Crippen LogP contribution in [0.2, 0.25) is 0 Å². The first-order valence-electron chi connectivity index (χ1n) is 8.46. The fourth-order valence-corrected chi connectivity index (χ4v) is 3.57. The minimum atomic E-state index is -0.384. The highest BCUT2D eigenvalue weighted by molar-refractivity contribution is 6.12. The summed E-state index contributed by atoms with van der Waals surface area (Å²) in [5.74, 6) is -0.916. The van der Waals surface area contributed by atoms with Gasteiger partial charge < -0.3 is 4.90 Å². The molecule has 0 atom stereocenters. The lowest BCUT2D eigenvalue weighted by molar-refractivity contribution is -0.132. The van der Waals surface area contributed by atoms with E-state index in [0.29, 0.717) is 12.1 Å². The molecule has 0 fully saturated rings. The third kappa shape index (κ3) is 2.71. The van der Waals surface area contributed by atoms with Crippen molar-refractivity contribution in [3.8, 4) is 0 Å². The van der Waals surface area contributed by atoms with Crippen LogP contribution in [0.4, 0.5) is 5.69 Å². The molecule has 126 valence electrons. The summed E-state index contributed by atoms with van der Waals surface area (Å²) in [7, 11) is 0. The third-order valence-corrected chi connectivity index (χ3v) is 4.84. The number of aryl methyl sites for hydroxylation is 1. The molecule has 2 aromatic carbocycles. The van der Waals surface area contributed by atoms with Crippen molar-refractivity contribution in [1.82, 2.24) is 4.90 Å². The van der Waals surface area contributed by atoms with Crippen molar-refractivity contribution in [2.45, 2.75) is 19.3 Å². The van der Waals surface area contributed by atoms with Gasteiger partial charge in [-0.05, 0) is 36.1 Å². The molecule has 5 heteroatoms. The number of carbonyl (C=O) groups is 3. The summed E-state index contributed by atoms with van der Waals surface area (Å²) in [6.45, 7) is 0.406. The fourth-order valence-electron chi connectivity index (χ4n) is 3.57. The Morgan fingerprint density at radius 2 is 1.68 bits per heavy atom. The minimum absolute atomic E-state index is 0.159. The molecule has 5 nitrogen and oxygen atoms in total. The lowest BCUT2D eigenvalue weighted by atomic mass is 9.98. The molecule has 0 bridgehead atoms. The van der Waals surface area contributed by atoms with E-state index >= 15 is 0 Å². The summed E-state index contributed by atoms with van der Waals surface area (Å²) < 4.78 is 0. The van der Waals surface area contributed by atoms with Crippen LogP contribution >= 0.6 is 0 Å². The number of hydrogen-bond donors (Lipinski definition) is 0. The first kappa shape index (κ1) is 15.6. The van der Waals surface area contributed by atoms with Crippen molar-refractivity contribution in [2.24, 2.45) is 0 Å². The molecule has 25 heavy (non-hydrogen) atoms. The third-order valence-electron chi connectivity index (χ3n) is 4.84. The Kier molecular flexibility index (Phi) is 3.84. The second kappa shape index (κ2) is 6.16. The smallest absolute Gasteiger partial charge is 0.261 e. The molecule has 2 aliphatic heterocycles. The second-order valence-electron chi connectivity index (χ2n) is 6.40. The zero-order chi connectivity index (χ0) is 17.4. The van der Waals surface area contributed by atoms with Crippen molar-refractivity contribution in [3.05, 3.63) is 65.2 Å². The van der Waals surface area contributed by atoms with Gasteiger partial charge in [-0.25, -0.2) is 0 Å². The standard InChI is InChI=1S/C20H18N2O3/c23-18-12-15-7-1-3-9-16(15)20(25)22(18)13-19(24)21-11-5-8-14-6-2-4-10-17(14)21/h1-4,6-7,9-10H,5,8,11-13H2. The maximum atomic E-state index is 12.8. The van der Waals surface area contributed by atoms with Crippen LogP contribution < -0.4 is 4.90 Å². The second-order valence-corrected chi connectivity index (χ2v) is 6.40. The topological polar surface area (TPSA) is 57.7 Å². The molecule has 2 heterocycles. The van der Waals surface area contributed by atoms with E-state index in [1.165, 1.54) is 0 Å². The summed E-state index contributed by atoms with van der Waals surface area (Å²) in [5, 5.41) is 0. The van der Waals surface area contributed by atoms with Crippen LogP contribution in [0, 0.1) is 0 Å². The molecule has 0 radical (unpaired) electrons. The van der Waals surface area contributed by atoms with Crippen molar-refractivity contribution in [3.63, 3.8) is 0 Å². The molecule has 0 unspecified atom stereocenters. The Morgan fingerprint density at radius 1 is 0.960 bits per heavy atom. The number of imide groups is 1. The highest BCUT2D eigenvalue weighted by Crippen LogP contribution is 2.27. The number of para-hydroxylation sites is 1. The Balaban J connectivity index is 1.58. The van der Waals surface area contributed by atoms with E-state index in [9.17, 15) is 14.4 Å². The molecule has 0 N–H and O–H groups in total. The maximum Gasteiger partial charge on any atom is 0.261 e. The molecule has 3 amide bonds. The van der Waals surface area contributed by atoms with Gasteiger partial charge in [0.25, 0.3) is 5.91 Å². The quantitative estimate of drug-likeness (QED) is 0.791. The largest absolute Gasteiger partial charge is 0.311 e.